The Hall–Kier alpha value is -2.08. The van der Waals surface area contributed by atoms with Gasteiger partial charge in [0.25, 0.3) is 5.91 Å². The van der Waals surface area contributed by atoms with Crippen molar-refractivity contribution in [2.45, 2.75) is 19.8 Å². The topological polar surface area (TPSA) is 61.9 Å². The Morgan fingerprint density at radius 2 is 2.00 bits per heavy atom. The zero-order chi connectivity index (χ0) is 17.6. The molecule has 0 unspecified atom stereocenters. The molecule has 0 spiro atoms. The molecule has 25 heavy (non-hydrogen) atoms. The van der Waals surface area contributed by atoms with Crippen LogP contribution in [0, 0.1) is 12.8 Å². The van der Waals surface area contributed by atoms with Crippen molar-refractivity contribution in [1.29, 1.82) is 0 Å². The lowest BCUT2D eigenvalue weighted by Crippen LogP contribution is -2.44. The van der Waals surface area contributed by atoms with E-state index in [4.69, 9.17) is 4.74 Å². The lowest BCUT2D eigenvalue weighted by molar-refractivity contribution is 0.0762. The van der Waals surface area contributed by atoms with E-state index in [0.717, 1.165) is 37.2 Å². The van der Waals surface area contributed by atoms with E-state index >= 15 is 0 Å². The Balaban J connectivity index is 1.51. The molecule has 3 amide bonds. The summed E-state index contributed by atoms with van der Waals surface area (Å²) in [7, 11) is 0. The molecule has 0 aliphatic carbocycles. The number of nitrogens with zero attached hydrogens (tertiary/aromatic N) is 2. The second-order valence-electron chi connectivity index (χ2n) is 6.92. The molecule has 2 aliphatic heterocycles. The van der Waals surface area contributed by atoms with E-state index < -0.39 is 0 Å². The number of carbonyl (C=O) groups is 2. The summed E-state index contributed by atoms with van der Waals surface area (Å²) in [5.41, 5.74) is 1.80. The Kier molecular flexibility index (Phi) is 5.91. The van der Waals surface area contributed by atoms with Crippen LogP contribution in [0.5, 0.6) is 0 Å². The lowest BCUT2D eigenvalue weighted by atomic mass is 10.1. The molecule has 2 saturated heterocycles. The van der Waals surface area contributed by atoms with E-state index in [0.29, 0.717) is 38.6 Å². The van der Waals surface area contributed by atoms with Gasteiger partial charge in [0.2, 0.25) is 0 Å². The van der Waals surface area contributed by atoms with Crippen molar-refractivity contribution in [3.05, 3.63) is 35.4 Å². The predicted octanol–water partition coefficient (Wildman–Crippen LogP) is 1.89. The van der Waals surface area contributed by atoms with Crippen molar-refractivity contribution in [2.75, 3.05) is 45.9 Å². The molecule has 2 aliphatic rings. The van der Waals surface area contributed by atoms with Crippen LogP contribution in [0.3, 0.4) is 0 Å². The van der Waals surface area contributed by atoms with E-state index in [9.17, 15) is 9.59 Å². The third-order valence-corrected chi connectivity index (χ3v) is 4.90. The van der Waals surface area contributed by atoms with Crippen molar-refractivity contribution in [3.63, 3.8) is 0 Å². The maximum absolute atomic E-state index is 12.7. The van der Waals surface area contributed by atoms with E-state index in [1.807, 2.05) is 41.0 Å². The van der Waals surface area contributed by atoms with Crippen molar-refractivity contribution in [1.82, 2.24) is 15.1 Å². The fraction of sp³-hybridized carbons (Fsp3) is 0.579. The van der Waals surface area contributed by atoms with E-state index in [1.54, 1.807) is 0 Å². The summed E-state index contributed by atoms with van der Waals surface area (Å²) in [5, 5.41) is 3.01. The van der Waals surface area contributed by atoms with Crippen LogP contribution in [0.4, 0.5) is 4.79 Å². The van der Waals surface area contributed by atoms with Crippen molar-refractivity contribution in [3.8, 4) is 0 Å². The first-order chi connectivity index (χ1) is 12.1. The molecule has 2 fully saturated rings. The Labute approximate surface area is 149 Å². The molecule has 1 aromatic rings. The second-order valence-corrected chi connectivity index (χ2v) is 6.92. The predicted molar refractivity (Wildman–Crippen MR) is 95.6 cm³/mol. The number of urea groups is 1. The summed E-state index contributed by atoms with van der Waals surface area (Å²) in [5.74, 6) is 0.476. The Morgan fingerprint density at radius 3 is 2.76 bits per heavy atom. The number of aryl methyl sites for hydroxylation is 1. The number of nitrogens with one attached hydrogen (secondary N) is 1. The number of hydrogen-bond donors (Lipinski definition) is 1. The molecule has 0 saturated carbocycles. The number of carbonyl (C=O) groups excluding carboxylic acids is 2. The van der Waals surface area contributed by atoms with Crippen molar-refractivity contribution < 1.29 is 14.3 Å². The molecule has 1 N–H and O–H groups in total. The van der Waals surface area contributed by atoms with Gasteiger partial charge in [-0.15, -0.1) is 0 Å². The number of amides is 3. The van der Waals surface area contributed by atoms with Gasteiger partial charge in [-0.1, -0.05) is 17.7 Å². The maximum atomic E-state index is 12.7. The summed E-state index contributed by atoms with van der Waals surface area (Å²) >= 11 is 0. The summed E-state index contributed by atoms with van der Waals surface area (Å²) in [4.78, 5) is 28.7. The molecule has 3 rings (SSSR count). The summed E-state index contributed by atoms with van der Waals surface area (Å²) in [6.07, 6.45) is 1.82. The van der Waals surface area contributed by atoms with Gasteiger partial charge in [0, 0.05) is 50.8 Å². The van der Waals surface area contributed by atoms with E-state index in [1.165, 1.54) is 0 Å². The Bertz CT molecular complexity index is 614. The van der Waals surface area contributed by atoms with Crippen LogP contribution in [-0.4, -0.2) is 67.7 Å². The van der Waals surface area contributed by atoms with Crippen LogP contribution in [0.15, 0.2) is 24.3 Å². The van der Waals surface area contributed by atoms with Crippen molar-refractivity contribution >= 4 is 11.9 Å². The van der Waals surface area contributed by atoms with E-state index in [2.05, 4.69) is 5.32 Å². The standard InChI is InChI=1S/C19H27N3O3/c1-15-4-2-5-17(12-15)18(23)21-7-3-8-22(10-9-21)19(24)20-13-16-6-11-25-14-16/h2,4-5,12,16H,3,6-11,13-14H2,1H3,(H,20,24)/t16-/m0/s1. The molecule has 1 atom stereocenters. The number of ether oxygens (including phenoxy) is 1. The van der Waals surface area contributed by atoms with Crippen LogP contribution in [0.25, 0.3) is 0 Å². The first-order valence-corrected chi connectivity index (χ1v) is 9.10. The largest absolute Gasteiger partial charge is 0.381 e. The number of hydrogen-bond acceptors (Lipinski definition) is 3. The van der Waals surface area contributed by atoms with Crippen molar-refractivity contribution in [2.24, 2.45) is 5.92 Å². The lowest BCUT2D eigenvalue weighted by Gasteiger charge is -2.23. The highest BCUT2D eigenvalue weighted by Crippen LogP contribution is 2.13. The zero-order valence-electron chi connectivity index (χ0n) is 14.9. The van der Waals surface area contributed by atoms with Gasteiger partial charge >= 0.3 is 6.03 Å². The first kappa shape index (κ1) is 17.7. The van der Waals surface area contributed by atoms with Gasteiger partial charge in [-0.25, -0.2) is 4.79 Å². The van der Waals surface area contributed by atoms with Crippen LogP contribution < -0.4 is 5.32 Å². The van der Waals surface area contributed by atoms with Gasteiger partial charge in [-0.3, -0.25) is 4.79 Å². The first-order valence-electron chi connectivity index (χ1n) is 9.10. The molecule has 136 valence electrons. The maximum Gasteiger partial charge on any atom is 0.317 e. The molecular weight excluding hydrogens is 318 g/mol. The van der Waals surface area contributed by atoms with Crippen LogP contribution in [-0.2, 0) is 4.74 Å². The third-order valence-electron chi connectivity index (χ3n) is 4.90. The number of benzene rings is 1. The third kappa shape index (κ3) is 4.72. The average Bonchev–Trinajstić information content (AvgIpc) is 3.01. The fourth-order valence-electron chi connectivity index (χ4n) is 3.37. The van der Waals surface area contributed by atoms with Crippen LogP contribution >= 0.6 is 0 Å². The molecule has 6 nitrogen and oxygen atoms in total. The van der Waals surface area contributed by atoms with Gasteiger partial charge < -0.3 is 19.9 Å². The smallest absolute Gasteiger partial charge is 0.317 e. The molecular formula is C19H27N3O3. The van der Waals surface area contributed by atoms with Gasteiger partial charge in [0.1, 0.15) is 0 Å². The average molecular weight is 345 g/mol. The van der Waals surface area contributed by atoms with Gasteiger partial charge in [0.15, 0.2) is 0 Å². The monoisotopic (exact) mass is 345 g/mol. The minimum Gasteiger partial charge on any atom is -0.381 e. The van der Waals surface area contributed by atoms with Gasteiger partial charge in [-0.2, -0.15) is 0 Å². The highest BCUT2D eigenvalue weighted by atomic mass is 16.5. The Morgan fingerprint density at radius 1 is 1.20 bits per heavy atom. The highest BCUT2D eigenvalue weighted by molar-refractivity contribution is 5.94. The number of rotatable bonds is 3. The zero-order valence-corrected chi connectivity index (χ0v) is 14.9. The quantitative estimate of drug-likeness (QED) is 0.910. The molecule has 2 heterocycles. The van der Waals surface area contributed by atoms with Gasteiger partial charge in [0.05, 0.1) is 6.61 Å². The second kappa shape index (κ2) is 8.34. The summed E-state index contributed by atoms with van der Waals surface area (Å²) in [6, 6.07) is 7.64. The molecule has 1 aromatic carbocycles. The summed E-state index contributed by atoms with van der Waals surface area (Å²) < 4.78 is 5.34. The van der Waals surface area contributed by atoms with Gasteiger partial charge in [-0.05, 0) is 31.9 Å². The fourth-order valence-corrected chi connectivity index (χ4v) is 3.37. The summed E-state index contributed by atoms with van der Waals surface area (Å²) in [6.45, 7) is 6.70. The van der Waals surface area contributed by atoms with Crippen LogP contribution in [0.1, 0.15) is 28.8 Å². The van der Waals surface area contributed by atoms with Crippen LogP contribution in [0.2, 0.25) is 0 Å². The van der Waals surface area contributed by atoms with E-state index in [-0.39, 0.29) is 11.9 Å². The SMILES string of the molecule is Cc1cccc(C(=O)N2CCCN(C(=O)NC[C@@H]3CCOC3)CC2)c1. The highest BCUT2D eigenvalue weighted by Gasteiger charge is 2.24. The molecule has 0 radical (unpaired) electrons. The normalized spacial score (nSPS) is 21.1. The minimum atomic E-state index is -0.0308. The minimum absolute atomic E-state index is 0.0308. The molecule has 0 bridgehead atoms. The molecule has 6 heteroatoms. The molecule has 0 aromatic heterocycles.